The summed E-state index contributed by atoms with van der Waals surface area (Å²) in [5.74, 6) is -5.98. The van der Waals surface area contributed by atoms with Crippen LogP contribution in [0.1, 0.15) is 12.8 Å². The van der Waals surface area contributed by atoms with E-state index in [1.165, 1.54) is 0 Å². The molecular weight excluding hydrogens is 312 g/mol. The number of ether oxygens (including phenoxy) is 2. The average molecular weight is 326 g/mol. The fourth-order valence-electron chi connectivity index (χ4n) is 1.54. The van der Waals surface area contributed by atoms with E-state index < -0.39 is 40.8 Å². The molecule has 1 unspecified atom stereocenters. The van der Waals surface area contributed by atoms with Gasteiger partial charge in [0.15, 0.2) is 5.92 Å². The summed E-state index contributed by atoms with van der Waals surface area (Å²) < 4.78 is 34.1. The van der Waals surface area contributed by atoms with Crippen molar-refractivity contribution >= 4 is 29.3 Å². The second kappa shape index (κ2) is 7.35. The zero-order valence-corrected chi connectivity index (χ0v) is 12.1. The van der Waals surface area contributed by atoms with E-state index in [1.54, 1.807) is 0 Å². The molecule has 1 aliphatic rings. The number of nitrogens with one attached hydrogen (secondary N) is 1. The van der Waals surface area contributed by atoms with Gasteiger partial charge in [-0.05, 0) is 12.8 Å². The van der Waals surface area contributed by atoms with Crippen molar-refractivity contribution in [2.75, 3.05) is 14.2 Å². The van der Waals surface area contributed by atoms with Gasteiger partial charge in [-0.2, -0.15) is 0 Å². The first-order valence-electron chi connectivity index (χ1n) is 5.97. The predicted molar refractivity (Wildman–Crippen MR) is 67.6 cm³/mol. The molecule has 0 bridgehead atoms. The van der Waals surface area contributed by atoms with Crippen molar-refractivity contribution < 1.29 is 32.6 Å². The highest BCUT2D eigenvalue weighted by atomic mass is 35.5. The van der Waals surface area contributed by atoms with E-state index in [2.05, 4.69) is 14.8 Å². The second-order valence-electron chi connectivity index (χ2n) is 4.30. The second-order valence-corrected chi connectivity index (χ2v) is 4.68. The maximum Gasteiger partial charge on any atom is 0.351 e. The third kappa shape index (κ3) is 4.38. The Morgan fingerprint density at radius 3 is 2.14 bits per heavy atom. The summed E-state index contributed by atoms with van der Waals surface area (Å²) in [5, 5.41) is 2.02. The molecule has 0 radical (unpaired) electrons. The number of methoxy groups -OCH3 is 2. The SMILES string of the molecule is COC(=O)/C(Cl)=C(\NC1CC1)C(C(=O)OC)C(=O)C(F)F. The number of carbonyl (C=O) groups is 3. The highest BCUT2D eigenvalue weighted by molar-refractivity contribution is 6.42. The Labute approximate surface area is 124 Å². The molecule has 1 saturated carbocycles. The van der Waals surface area contributed by atoms with Crippen molar-refractivity contribution in [3.05, 3.63) is 10.7 Å². The lowest BCUT2D eigenvalue weighted by Crippen LogP contribution is -2.38. The van der Waals surface area contributed by atoms with Crippen molar-refractivity contribution in [1.29, 1.82) is 0 Å². The molecule has 0 aromatic heterocycles. The topological polar surface area (TPSA) is 81.7 Å². The number of rotatable bonds is 7. The molecule has 1 aliphatic carbocycles. The van der Waals surface area contributed by atoms with Gasteiger partial charge >= 0.3 is 11.9 Å². The number of carbonyl (C=O) groups excluding carboxylic acids is 3. The molecule has 118 valence electrons. The Balaban J connectivity index is 3.25. The molecule has 1 fully saturated rings. The van der Waals surface area contributed by atoms with Crippen LogP contribution in [0.4, 0.5) is 8.78 Å². The van der Waals surface area contributed by atoms with Gasteiger partial charge in [-0.15, -0.1) is 0 Å². The third-order valence-corrected chi connectivity index (χ3v) is 3.12. The van der Waals surface area contributed by atoms with Gasteiger partial charge in [-0.25, -0.2) is 13.6 Å². The number of halogens is 3. The lowest BCUT2D eigenvalue weighted by Gasteiger charge is -2.19. The molecule has 6 nitrogen and oxygen atoms in total. The van der Waals surface area contributed by atoms with Crippen LogP contribution in [0.3, 0.4) is 0 Å². The Kier molecular flexibility index (Phi) is 6.07. The third-order valence-electron chi connectivity index (χ3n) is 2.76. The smallest absolute Gasteiger partial charge is 0.351 e. The van der Waals surface area contributed by atoms with Gasteiger partial charge in [-0.3, -0.25) is 9.59 Å². The molecule has 21 heavy (non-hydrogen) atoms. The summed E-state index contributed by atoms with van der Waals surface area (Å²) in [6, 6.07) is -0.143. The van der Waals surface area contributed by atoms with Crippen LogP contribution in [0.2, 0.25) is 0 Å². The van der Waals surface area contributed by atoms with Crippen LogP contribution in [0, 0.1) is 5.92 Å². The van der Waals surface area contributed by atoms with Crippen LogP contribution in [0.15, 0.2) is 10.7 Å². The molecule has 1 atom stereocenters. The van der Waals surface area contributed by atoms with Crippen molar-refractivity contribution in [2.45, 2.75) is 25.3 Å². The minimum absolute atomic E-state index is 0.143. The normalized spacial score (nSPS) is 16.9. The standard InChI is InChI=1S/C12H14ClF2NO5/c1-20-11(18)6(9(17)10(14)15)8(16-5-3-4-5)7(13)12(19)21-2/h5-6,10,16H,3-4H2,1-2H3/b8-7+. The Morgan fingerprint density at radius 1 is 1.19 bits per heavy atom. The first-order chi connectivity index (χ1) is 9.83. The van der Waals surface area contributed by atoms with Crippen LogP contribution >= 0.6 is 11.6 Å². The van der Waals surface area contributed by atoms with Gasteiger partial charge in [0.2, 0.25) is 5.78 Å². The molecule has 0 aliphatic heterocycles. The van der Waals surface area contributed by atoms with E-state index in [1.807, 2.05) is 0 Å². The highest BCUT2D eigenvalue weighted by Gasteiger charge is 2.41. The maximum atomic E-state index is 12.7. The Bertz CT molecular complexity index is 476. The Morgan fingerprint density at radius 2 is 1.76 bits per heavy atom. The summed E-state index contributed by atoms with van der Waals surface area (Å²) in [7, 11) is 1.97. The zero-order valence-electron chi connectivity index (χ0n) is 11.3. The molecule has 1 N–H and O–H groups in total. The molecule has 0 aromatic rings. The summed E-state index contributed by atoms with van der Waals surface area (Å²) in [6.07, 6.45) is -2.01. The van der Waals surface area contributed by atoms with Crippen molar-refractivity contribution in [2.24, 2.45) is 5.92 Å². The van der Waals surface area contributed by atoms with Crippen LogP contribution in [-0.4, -0.2) is 44.4 Å². The Hall–Kier alpha value is -1.70. The molecule has 0 spiro atoms. The molecular formula is C12H14ClF2NO5. The van der Waals surface area contributed by atoms with Gasteiger partial charge < -0.3 is 14.8 Å². The van der Waals surface area contributed by atoms with Gasteiger partial charge in [0.1, 0.15) is 5.03 Å². The largest absolute Gasteiger partial charge is 0.468 e. The molecule has 9 heteroatoms. The molecule has 0 amide bonds. The maximum absolute atomic E-state index is 12.7. The highest BCUT2D eigenvalue weighted by Crippen LogP contribution is 2.28. The summed E-state index contributed by atoms with van der Waals surface area (Å²) in [6.45, 7) is 0. The van der Waals surface area contributed by atoms with Gasteiger partial charge in [0.25, 0.3) is 6.43 Å². The van der Waals surface area contributed by atoms with E-state index in [4.69, 9.17) is 11.6 Å². The van der Waals surface area contributed by atoms with Gasteiger partial charge in [0.05, 0.1) is 19.9 Å². The van der Waals surface area contributed by atoms with E-state index in [9.17, 15) is 23.2 Å². The number of esters is 2. The van der Waals surface area contributed by atoms with Crippen molar-refractivity contribution in [3.63, 3.8) is 0 Å². The van der Waals surface area contributed by atoms with Crippen molar-refractivity contribution in [1.82, 2.24) is 5.32 Å². The minimum Gasteiger partial charge on any atom is -0.468 e. The number of Topliss-reactive ketones (excluding diaryl/α,β-unsaturated/α-hetero) is 1. The number of ketones is 1. The van der Waals surface area contributed by atoms with Gasteiger partial charge in [-0.1, -0.05) is 11.6 Å². The lowest BCUT2D eigenvalue weighted by atomic mass is 9.99. The van der Waals surface area contributed by atoms with Crippen LogP contribution in [-0.2, 0) is 23.9 Å². The lowest BCUT2D eigenvalue weighted by molar-refractivity contribution is -0.151. The molecule has 0 saturated heterocycles. The number of alkyl halides is 2. The summed E-state index contributed by atoms with van der Waals surface area (Å²) in [5.41, 5.74) is -0.414. The number of hydrogen-bond donors (Lipinski definition) is 1. The fraction of sp³-hybridized carbons (Fsp3) is 0.583. The number of hydrogen-bond acceptors (Lipinski definition) is 6. The van der Waals surface area contributed by atoms with Crippen LogP contribution < -0.4 is 5.32 Å². The van der Waals surface area contributed by atoms with E-state index >= 15 is 0 Å². The monoisotopic (exact) mass is 325 g/mol. The van der Waals surface area contributed by atoms with Crippen molar-refractivity contribution in [3.8, 4) is 0 Å². The van der Waals surface area contributed by atoms with E-state index in [0.717, 1.165) is 14.2 Å². The summed E-state index contributed by atoms with van der Waals surface area (Å²) in [4.78, 5) is 34.7. The first kappa shape index (κ1) is 17.4. The molecule has 0 aromatic carbocycles. The molecule has 1 rings (SSSR count). The predicted octanol–water partition coefficient (Wildman–Crippen LogP) is 0.985. The average Bonchev–Trinajstić information content (AvgIpc) is 3.28. The van der Waals surface area contributed by atoms with Gasteiger partial charge in [0, 0.05) is 6.04 Å². The van der Waals surface area contributed by atoms with E-state index in [0.29, 0.717) is 12.8 Å². The quantitative estimate of drug-likeness (QED) is 0.427. The van der Waals surface area contributed by atoms with Crippen LogP contribution in [0.25, 0.3) is 0 Å². The first-order valence-corrected chi connectivity index (χ1v) is 6.35. The zero-order chi connectivity index (χ0) is 16.2. The minimum atomic E-state index is -3.41. The summed E-state index contributed by atoms with van der Waals surface area (Å²) >= 11 is 5.75. The fourth-order valence-corrected chi connectivity index (χ4v) is 1.78. The van der Waals surface area contributed by atoms with Crippen LogP contribution in [0.5, 0.6) is 0 Å². The van der Waals surface area contributed by atoms with E-state index in [-0.39, 0.29) is 6.04 Å². The molecule has 0 heterocycles.